The summed E-state index contributed by atoms with van der Waals surface area (Å²) in [6.45, 7) is 4.67. The zero-order chi connectivity index (χ0) is 17.1. The average molecular weight is 326 g/mol. The first kappa shape index (κ1) is 16.6. The smallest absolute Gasteiger partial charge is 0.222 e. The first-order valence-corrected chi connectivity index (χ1v) is 8.62. The molecule has 0 bridgehead atoms. The molecule has 1 fully saturated rings. The fourth-order valence-corrected chi connectivity index (χ4v) is 3.41. The number of carbonyl (C=O) groups is 1. The van der Waals surface area contributed by atoms with Gasteiger partial charge >= 0.3 is 0 Å². The van der Waals surface area contributed by atoms with Crippen molar-refractivity contribution in [2.75, 3.05) is 6.54 Å². The third-order valence-corrected chi connectivity index (χ3v) is 4.62. The van der Waals surface area contributed by atoms with Gasteiger partial charge in [-0.05, 0) is 61.6 Å². The van der Waals surface area contributed by atoms with E-state index in [2.05, 4.69) is 0 Å². The van der Waals surface area contributed by atoms with E-state index in [0.29, 0.717) is 6.42 Å². The monoisotopic (exact) mass is 326 g/mol. The molecule has 1 amide bonds. The van der Waals surface area contributed by atoms with Crippen LogP contribution in [0.1, 0.15) is 50.0 Å². The second-order valence-corrected chi connectivity index (χ2v) is 6.38. The number of amides is 1. The molecule has 0 radical (unpaired) electrons. The van der Waals surface area contributed by atoms with Gasteiger partial charge in [-0.1, -0.05) is 19.1 Å². The van der Waals surface area contributed by atoms with Gasteiger partial charge in [0.1, 0.15) is 5.82 Å². The van der Waals surface area contributed by atoms with Crippen molar-refractivity contribution in [1.82, 2.24) is 9.88 Å². The molecular formula is C20H23FN2O. The molecule has 1 aliphatic rings. The molecule has 1 aromatic carbocycles. The summed E-state index contributed by atoms with van der Waals surface area (Å²) in [5.74, 6) is -0.0527. The summed E-state index contributed by atoms with van der Waals surface area (Å²) in [5, 5.41) is 0. The van der Waals surface area contributed by atoms with Gasteiger partial charge in [0.2, 0.25) is 5.91 Å². The number of pyridine rings is 1. The maximum atomic E-state index is 13.2. The molecule has 1 aliphatic heterocycles. The van der Waals surface area contributed by atoms with Gasteiger partial charge in [-0.25, -0.2) is 4.39 Å². The summed E-state index contributed by atoms with van der Waals surface area (Å²) in [6, 6.07) is 10.6. The lowest BCUT2D eigenvalue weighted by molar-refractivity contribution is -0.134. The molecule has 0 N–H and O–H groups in total. The van der Waals surface area contributed by atoms with Gasteiger partial charge < -0.3 is 4.90 Å². The number of halogens is 1. The fourth-order valence-electron chi connectivity index (χ4n) is 3.41. The van der Waals surface area contributed by atoms with E-state index in [-0.39, 0.29) is 17.8 Å². The molecule has 2 aromatic rings. The number of hydrogen-bond donors (Lipinski definition) is 0. The fraction of sp³-hybridized carbons (Fsp3) is 0.400. The number of piperidine rings is 1. The SMILES string of the molecule is CCC(=O)N1CCCC[C@@H]1c1cc(-c2ccc(F)cc2)cc(C)n1. The lowest BCUT2D eigenvalue weighted by Crippen LogP contribution is -2.38. The van der Waals surface area contributed by atoms with Gasteiger partial charge in [0.25, 0.3) is 0 Å². The molecular weight excluding hydrogens is 303 g/mol. The van der Waals surface area contributed by atoms with E-state index in [1.54, 1.807) is 12.1 Å². The summed E-state index contributed by atoms with van der Waals surface area (Å²) in [7, 11) is 0. The predicted molar refractivity (Wildman–Crippen MR) is 93.0 cm³/mol. The standard InChI is InChI=1S/C20H23FN2O/c1-3-20(24)23-11-5-4-6-19(23)18-13-16(12-14(2)22-18)15-7-9-17(21)10-8-15/h7-10,12-13,19H,3-6,11H2,1-2H3/t19-/m1/s1. The van der Waals surface area contributed by atoms with Crippen LogP contribution < -0.4 is 0 Å². The van der Waals surface area contributed by atoms with E-state index in [9.17, 15) is 9.18 Å². The molecule has 1 atom stereocenters. The number of hydrogen-bond acceptors (Lipinski definition) is 2. The van der Waals surface area contributed by atoms with Gasteiger partial charge in [-0.3, -0.25) is 9.78 Å². The maximum Gasteiger partial charge on any atom is 0.222 e. The topological polar surface area (TPSA) is 33.2 Å². The van der Waals surface area contributed by atoms with Gasteiger partial charge in [0.15, 0.2) is 0 Å². The van der Waals surface area contributed by atoms with Crippen molar-refractivity contribution in [2.45, 2.75) is 45.6 Å². The highest BCUT2D eigenvalue weighted by Gasteiger charge is 2.28. The van der Waals surface area contributed by atoms with E-state index in [4.69, 9.17) is 4.98 Å². The number of carbonyl (C=O) groups excluding carboxylic acids is 1. The number of likely N-dealkylation sites (tertiary alicyclic amines) is 1. The van der Waals surface area contributed by atoms with Crippen molar-refractivity contribution in [3.63, 3.8) is 0 Å². The van der Waals surface area contributed by atoms with Crippen LogP contribution in [-0.4, -0.2) is 22.3 Å². The van der Waals surface area contributed by atoms with Crippen LogP contribution in [-0.2, 0) is 4.79 Å². The molecule has 1 aromatic heterocycles. The maximum absolute atomic E-state index is 13.2. The zero-order valence-electron chi connectivity index (χ0n) is 14.3. The van der Waals surface area contributed by atoms with E-state index in [1.165, 1.54) is 12.1 Å². The van der Waals surface area contributed by atoms with E-state index < -0.39 is 0 Å². The Morgan fingerprint density at radius 3 is 2.67 bits per heavy atom. The summed E-state index contributed by atoms with van der Waals surface area (Å²) in [5.41, 5.74) is 3.84. The lowest BCUT2D eigenvalue weighted by atomic mass is 9.95. The summed E-state index contributed by atoms with van der Waals surface area (Å²) in [6.07, 6.45) is 3.64. The van der Waals surface area contributed by atoms with E-state index in [1.807, 2.05) is 30.9 Å². The molecule has 0 saturated carbocycles. The first-order valence-electron chi connectivity index (χ1n) is 8.62. The molecule has 2 heterocycles. The van der Waals surface area contributed by atoms with Crippen LogP contribution in [0.25, 0.3) is 11.1 Å². The number of benzene rings is 1. The summed E-state index contributed by atoms with van der Waals surface area (Å²) >= 11 is 0. The Morgan fingerprint density at radius 1 is 1.21 bits per heavy atom. The molecule has 0 spiro atoms. The summed E-state index contributed by atoms with van der Waals surface area (Å²) in [4.78, 5) is 19.0. The molecule has 1 saturated heterocycles. The van der Waals surface area contributed by atoms with Crippen LogP contribution in [0.4, 0.5) is 4.39 Å². The van der Waals surface area contributed by atoms with E-state index >= 15 is 0 Å². The molecule has 3 rings (SSSR count). The summed E-state index contributed by atoms with van der Waals surface area (Å²) < 4.78 is 13.2. The van der Waals surface area contributed by atoms with Crippen molar-refractivity contribution in [3.05, 3.63) is 53.6 Å². The van der Waals surface area contributed by atoms with Crippen molar-refractivity contribution >= 4 is 5.91 Å². The van der Waals surface area contributed by atoms with E-state index in [0.717, 1.165) is 48.3 Å². The molecule has 0 unspecified atom stereocenters. The van der Waals surface area contributed by atoms with Gasteiger partial charge in [-0.2, -0.15) is 0 Å². The number of aromatic nitrogens is 1. The Labute approximate surface area is 142 Å². The Morgan fingerprint density at radius 2 is 1.96 bits per heavy atom. The molecule has 4 heteroatoms. The number of nitrogens with zero attached hydrogens (tertiary/aromatic N) is 2. The van der Waals surface area contributed by atoms with Gasteiger partial charge in [0.05, 0.1) is 11.7 Å². The average Bonchev–Trinajstić information content (AvgIpc) is 2.61. The Kier molecular flexibility index (Phi) is 4.93. The Bertz CT molecular complexity index is 727. The highest BCUT2D eigenvalue weighted by molar-refractivity contribution is 5.76. The van der Waals surface area contributed by atoms with Crippen molar-refractivity contribution in [2.24, 2.45) is 0 Å². The highest BCUT2D eigenvalue weighted by Crippen LogP contribution is 2.33. The normalized spacial score (nSPS) is 17.8. The van der Waals surface area contributed by atoms with Crippen molar-refractivity contribution in [3.8, 4) is 11.1 Å². The highest BCUT2D eigenvalue weighted by atomic mass is 19.1. The Balaban J connectivity index is 1.98. The number of aryl methyl sites for hydroxylation is 1. The van der Waals surface area contributed by atoms with Crippen LogP contribution in [0, 0.1) is 12.7 Å². The lowest BCUT2D eigenvalue weighted by Gasteiger charge is -2.35. The second kappa shape index (κ2) is 7.12. The van der Waals surface area contributed by atoms with Crippen LogP contribution in [0.3, 0.4) is 0 Å². The molecule has 3 nitrogen and oxygen atoms in total. The number of rotatable bonds is 3. The van der Waals surface area contributed by atoms with Crippen LogP contribution >= 0.6 is 0 Å². The molecule has 24 heavy (non-hydrogen) atoms. The van der Waals surface area contributed by atoms with Gasteiger partial charge in [0, 0.05) is 18.7 Å². The minimum atomic E-state index is -0.239. The van der Waals surface area contributed by atoms with Crippen molar-refractivity contribution in [1.29, 1.82) is 0 Å². The zero-order valence-corrected chi connectivity index (χ0v) is 14.3. The third kappa shape index (κ3) is 3.48. The quantitative estimate of drug-likeness (QED) is 0.822. The predicted octanol–water partition coefficient (Wildman–Crippen LogP) is 4.66. The van der Waals surface area contributed by atoms with Crippen LogP contribution in [0.15, 0.2) is 36.4 Å². The van der Waals surface area contributed by atoms with Crippen LogP contribution in [0.5, 0.6) is 0 Å². The molecule has 0 aliphatic carbocycles. The van der Waals surface area contributed by atoms with Gasteiger partial charge in [-0.15, -0.1) is 0 Å². The minimum Gasteiger partial charge on any atom is -0.334 e. The largest absolute Gasteiger partial charge is 0.334 e. The minimum absolute atomic E-state index is 0.0466. The molecule has 126 valence electrons. The second-order valence-electron chi connectivity index (χ2n) is 6.38. The van der Waals surface area contributed by atoms with Crippen molar-refractivity contribution < 1.29 is 9.18 Å². The first-order chi connectivity index (χ1) is 11.6. The third-order valence-electron chi connectivity index (χ3n) is 4.62. The Hall–Kier alpha value is -2.23. The van der Waals surface area contributed by atoms with Crippen LogP contribution in [0.2, 0.25) is 0 Å².